The van der Waals surface area contributed by atoms with Crippen LogP contribution in [0.2, 0.25) is 0 Å². The number of amides is 3. The van der Waals surface area contributed by atoms with Gasteiger partial charge in [0.25, 0.3) is 5.91 Å². The Hall–Kier alpha value is -3.20. The minimum absolute atomic E-state index is 0.0156. The van der Waals surface area contributed by atoms with Crippen molar-refractivity contribution in [1.82, 2.24) is 10.2 Å². The molecule has 0 aliphatic heterocycles. The molecule has 3 N–H and O–H groups in total. The van der Waals surface area contributed by atoms with Crippen molar-refractivity contribution < 1.29 is 24.2 Å². The van der Waals surface area contributed by atoms with Crippen molar-refractivity contribution in [2.24, 2.45) is 0 Å². The summed E-state index contributed by atoms with van der Waals surface area (Å²) in [5.41, 5.74) is 2.19. The van der Waals surface area contributed by atoms with E-state index in [1.165, 1.54) is 17.0 Å². The Bertz CT molecular complexity index is 1110. The Balaban J connectivity index is 1.98. The normalized spacial score (nSPS) is 14.9. The number of aryl methyl sites for hydroxylation is 2. The second kappa shape index (κ2) is 11.2. The van der Waals surface area contributed by atoms with Crippen LogP contribution in [0.5, 0.6) is 5.75 Å². The van der Waals surface area contributed by atoms with Crippen molar-refractivity contribution in [2.75, 3.05) is 11.1 Å². The SMILES string of the molecule is Cc1cccc(C)c1NC(=O)C(c1cccc(O)c1)N(C(=O)C(CS)NC(=O)OC(C)(C)C)C1CC1. The van der Waals surface area contributed by atoms with Crippen molar-refractivity contribution >= 4 is 36.2 Å². The largest absolute Gasteiger partial charge is 0.508 e. The van der Waals surface area contributed by atoms with Crippen molar-refractivity contribution in [2.45, 2.75) is 71.2 Å². The molecule has 0 saturated heterocycles. The second-order valence-electron chi connectivity index (χ2n) is 10.1. The van der Waals surface area contributed by atoms with Crippen molar-refractivity contribution in [3.8, 4) is 5.75 Å². The number of anilines is 1. The third-order valence-electron chi connectivity index (χ3n) is 5.81. The van der Waals surface area contributed by atoms with Gasteiger partial charge in [-0.3, -0.25) is 9.59 Å². The Morgan fingerprint density at radius 1 is 1.11 bits per heavy atom. The van der Waals surface area contributed by atoms with E-state index in [0.29, 0.717) is 11.3 Å². The number of para-hydroxylation sites is 1. The molecule has 3 amide bonds. The van der Waals surface area contributed by atoms with Crippen LogP contribution < -0.4 is 10.6 Å². The van der Waals surface area contributed by atoms with Crippen LogP contribution in [0.15, 0.2) is 42.5 Å². The summed E-state index contributed by atoms with van der Waals surface area (Å²) in [7, 11) is 0. The van der Waals surface area contributed by atoms with Gasteiger partial charge in [-0.1, -0.05) is 30.3 Å². The van der Waals surface area contributed by atoms with Gasteiger partial charge >= 0.3 is 6.09 Å². The van der Waals surface area contributed by atoms with E-state index >= 15 is 0 Å². The van der Waals surface area contributed by atoms with Crippen LogP contribution in [0.3, 0.4) is 0 Å². The summed E-state index contributed by atoms with van der Waals surface area (Å²) in [5, 5.41) is 15.8. The van der Waals surface area contributed by atoms with E-state index in [9.17, 15) is 19.5 Å². The standard InChI is InChI=1S/C27H35N3O5S/c1-16-8-6-9-17(2)22(16)29-24(32)23(18-10-7-11-20(31)14-18)30(19-12-13-19)25(33)21(15-36)28-26(34)35-27(3,4)5/h6-11,14,19,21,23,31,36H,12-13,15H2,1-5H3,(H,28,34)(H,29,32). The molecule has 9 heteroatoms. The number of ether oxygens (including phenoxy) is 1. The smallest absolute Gasteiger partial charge is 0.408 e. The zero-order valence-electron chi connectivity index (χ0n) is 21.4. The number of phenolic OH excluding ortho intramolecular Hbond substituents is 1. The Labute approximate surface area is 217 Å². The number of hydrogen-bond donors (Lipinski definition) is 4. The topological polar surface area (TPSA) is 108 Å². The molecule has 2 aromatic rings. The van der Waals surface area contributed by atoms with Crippen LogP contribution in [0.1, 0.15) is 56.3 Å². The molecule has 3 rings (SSSR count). The molecule has 1 fully saturated rings. The number of hydrogen-bond acceptors (Lipinski definition) is 6. The number of aromatic hydroxyl groups is 1. The number of carbonyl (C=O) groups is 3. The molecule has 0 bridgehead atoms. The molecule has 0 heterocycles. The second-order valence-corrected chi connectivity index (χ2v) is 10.5. The number of rotatable bonds is 8. The molecule has 2 atom stereocenters. The molecular formula is C27H35N3O5S. The minimum Gasteiger partial charge on any atom is -0.508 e. The predicted molar refractivity (Wildman–Crippen MR) is 142 cm³/mol. The first-order valence-electron chi connectivity index (χ1n) is 12.0. The van der Waals surface area contributed by atoms with E-state index < -0.39 is 35.6 Å². The molecular weight excluding hydrogens is 478 g/mol. The van der Waals surface area contributed by atoms with Crippen LogP contribution in [-0.4, -0.2) is 51.4 Å². The minimum atomic E-state index is -1.03. The van der Waals surface area contributed by atoms with Gasteiger partial charge in [0.2, 0.25) is 5.91 Å². The number of alkyl carbamates (subject to hydrolysis) is 1. The zero-order chi connectivity index (χ0) is 26.6. The lowest BCUT2D eigenvalue weighted by Crippen LogP contribution is -2.54. The summed E-state index contributed by atoms with van der Waals surface area (Å²) in [5.74, 6) is -0.845. The van der Waals surface area contributed by atoms with E-state index in [-0.39, 0.29) is 17.5 Å². The van der Waals surface area contributed by atoms with E-state index in [0.717, 1.165) is 24.0 Å². The highest BCUT2D eigenvalue weighted by Crippen LogP contribution is 2.37. The van der Waals surface area contributed by atoms with Crippen LogP contribution in [0.4, 0.5) is 10.5 Å². The first-order chi connectivity index (χ1) is 16.9. The number of nitrogens with one attached hydrogen (secondary N) is 2. The average Bonchev–Trinajstić information content (AvgIpc) is 3.61. The summed E-state index contributed by atoms with van der Waals surface area (Å²) in [6, 6.07) is 9.82. The molecule has 0 aromatic heterocycles. The van der Waals surface area contributed by atoms with E-state index in [4.69, 9.17) is 4.74 Å². The van der Waals surface area contributed by atoms with Gasteiger partial charge in [0.15, 0.2) is 0 Å². The quantitative estimate of drug-likeness (QED) is 0.389. The van der Waals surface area contributed by atoms with E-state index in [1.807, 2.05) is 32.0 Å². The fourth-order valence-corrected chi connectivity index (χ4v) is 4.27. The van der Waals surface area contributed by atoms with Gasteiger partial charge in [0.05, 0.1) is 0 Å². The molecule has 8 nitrogen and oxygen atoms in total. The lowest BCUT2D eigenvalue weighted by molar-refractivity contribution is -0.141. The summed E-state index contributed by atoms with van der Waals surface area (Å²) in [6.45, 7) is 9.00. The molecule has 0 spiro atoms. The predicted octanol–water partition coefficient (Wildman–Crippen LogP) is 4.50. The first kappa shape index (κ1) is 27.4. The summed E-state index contributed by atoms with van der Waals surface area (Å²) in [6.07, 6.45) is 0.715. The molecule has 1 aliphatic carbocycles. The third-order valence-corrected chi connectivity index (χ3v) is 6.17. The maximum Gasteiger partial charge on any atom is 0.408 e. The van der Waals surface area contributed by atoms with Crippen LogP contribution in [0, 0.1) is 13.8 Å². The van der Waals surface area contributed by atoms with Crippen LogP contribution in [-0.2, 0) is 14.3 Å². The summed E-state index contributed by atoms with van der Waals surface area (Å²) >= 11 is 4.30. The van der Waals surface area contributed by atoms with E-state index in [1.54, 1.807) is 32.9 Å². The number of phenols is 1. The van der Waals surface area contributed by atoms with E-state index in [2.05, 4.69) is 23.3 Å². The molecule has 2 unspecified atom stereocenters. The number of carbonyl (C=O) groups excluding carboxylic acids is 3. The van der Waals surface area contributed by atoms with Crippen LogP contribution >= 0.6 is 12.6 Å². The lowest BCUT2D eigenvalue weighted by Gasteiger charge is -2.34. The number of thiol groups is 1. The maximum atomic E-state index is 13.8. The molecule has 0 radical (unpaired) electrons. The van der Waals surface area contributed by atoms with Crippen molar-refractivity contribution in [3.05, 3.63) is 59.2 Å². The first-order valence-corrected chi connectivity index (χ1v) is 12.6. The fourth-order valence-electron chi connectivity index (χ4n) is 4.02. The number of nitrogens with zero attached hydrogens (tertiary/aromatic N) is 1. The number of benzene rings is 2. The monoisotopic (exact) mass is 513 g/mol. The third kappa shape index (κ3) is 6.94. The van der Waals surface area contributed by atoms with Gasteiger partial charge in [-0.15, -0.1) is 0 Å². The Morgan fingerprint density at radius 3 is 2.25 bits per heavy atom. The van der Waals surface area contributed by atoms with Gasteiger partial charge in [-0.2, -0.15) is 12.6 Å². The van der Waals surface area contributed by atoms with Crippen LogP contribution in [0.25, 0.3) is 0 Å². The summed E-state index contributed by atoms with van der Waals surface area (Å²) < 4.78 is 5.32. The maximum absolute atomic E-state index is 13.8. The molecule has 1 aliphatic rings. The van der Waals surface area contributed by atoms with Crippen molar-refractivity contribution in [3.63, 3.8) is 0 Å². The highest BCUT2D eigenvalue weighted by Gasteiger charge is 2.44. The highest BCUT2D eigenvalue weighted by molar-refractivity contribution is 7.80. The average molecular weight is 514 g/mol. The summed E-state index contributed by atoms with van der Waals surface area (Å²) in [4.78, 5) is 41.6. The van der Waals surface area contributed by atoms with Crippen molar-refractivity contribution in [1.29, 1.82) is 0 Å². The molecule has 36 heavy (non-hydrogen) atoms. The molecule has 2 aromatic carbocycles. The Kier molecular flexibility index (Phi) is 8.55. The fraction of sp³-hybridized carbons (Fsp3) is 0.444. The zero-order valence-corrected chi connectivity index (χ0v) is 22.3. The van der Waals surface area contributed by atoms with Gasteiger partial charge in [-0.25, -0.2) is 4.79 Å². The Morgan fingerprint density at radius 2 is 1.72 bits per heavy atom. The van der Waals surface area contributed by atoms with Gasteiger partial charge in [0, 0.05) is 17.5 Å². The van der Waals surface area contributed by atoms with Gasteiger partial charge < -0.3 is 25.4 Å². The van der Waals surface area contributed by atoms with Gasteiger partial charge in [-0.05, 0) is 76.3 Å². The molecule has 1 saturated carbocycles. The van der Waals surface area contributed by atoms with Gasteiger partial charge in [0.1, 0.15) is 23.4 Å². The highest BCUT2D eigenvalue weighted by atomic mass is 32.1. The lowest BCUT2D eigenvalue weighted by atomic mass is 10.0. The molecule has 194 valence electrons.